The third-order valence-corrected chi connectivity index (χ3v) is 5.66. The van der Waals surface area contributed by atoms with Crippen LogP contribution < -0.4 is 21.7 Å². The van der Waals surface area contributed by atoms with Crippen LogP contribution in [0, 0.1) is 5.92 Å². The molecule has 1 aromatic carbocycles. The summed E-state index contributed by atoms with van der Waals surface area (Å²) < 4.78 is 0. The van der Waals surface area contributed by atoms with E-state index in [0.29, 0.717) is 5.75 Å². The standard InChI is InChI=1S/C22H34N4O7S/c1-12(2)18(22(32)33)26-21(31)17(11-27)25-20(30)16(8-9-34-3)24-19(29)15(23)10-13-4-6-14(28)7-5-13/h4-7,12,15-18,27-28H,8-11,23H2,1-3H3,(H,24,29)(H,25,30)(H,26,31)(H,32,33). The highest BCUT2D eigenvalue weighted by atomic mass is 32.2. The minimum Gasteiger partial charge on any atom is -0.508 e. The number of aliphatic hydroxyl groups excluding tert-OH is 1. The Morgan fingerprint density at radius 3 is 2.03 bits per heavy atom. The number of aromatic hydroxyl groups is 1. The van der Waals surface area contributed by atoms with Crippen LogP contribution in [0.4, 0.5) is 0 Å². The minimum atomic E-state index is -1.40. The number of carboxylic acids is 1. The number of carboxylic acid groups (broad SMARTS) is 1. The van der Waals surface area contributed by atoms with Crippen LogP contribution in [0.15, 0.2) is 24.3 Å². The number of carbonyl (C=O) groups excluding carboxylic acids is 3. The quantitative estimate of drug-likeness (QED) is 0.172. The molecule has 4 unspecified atom stereocenters. The van der Waals surface area contributed by atoms with Crippen molar-refractivity contribution >= 4 is 35.5 Å². The maximum atomic E-state index is 12.8. The first-order valence-electron chi connectivity index (χ1n) is 10.8. The summed E-state index contributed by atoms with van der Waals surface area (Å²) in [5.74, 6) is -3.18. The molecule has 0 aliphatic heterocycles. The van der Waals surface area contributed by atoms with E-state index in [1.165, 1.54) is 23.9 Å². The third kappa shape index (κ3) is 9.57. The van der Waals surface area contributed by atoms with Crippen molar-refractivity contribution in [1.29, 1.82) is 0 Å². The molecule has 0 heterocycles. The highest BCUT2D eigenvalue weighted by Gasteiger charge is 2.30. The van der Waals surface area contributed by atoms with E-state index in [4.69, 9.17) is 5.73 Å². The number of carbonyl (C=O) groups is 4. The first-order chi connectivity index (χ1) is 16.0. The summed E-state index contributed by atoms with van der Waals surface area (Å²) >= 11 is 1.45. The summed E-state index contributed by atoms with van der Waals surface area (Å²) in [5, 5.41) is 35.5. The van der Waals surface area contributed by atoms with E-state index in [1.54, 1.807) is 26.0 Å². The molecule has 11 nitrogen and oxygen atoms in total. The summed E-state index contributed by atoms with van der Waals surface area (Å²) in [6.45, 7) is 2.47. The molecule has 0 fully saturated rings. The number of rotatable bonds is 14. The van der Waals surface area contributed by atoms with E-state index >= 15 is 0 Å². The monoisotopic (exact) mass is 498 g/mol. The van der Waals surface area contributed by atoms with Crippen LogP contribution in [0.2, 0.25) is 0 Å². The van der Waals surface area contributed by atoms with E-state index in [1.807, 2.05) is 6.26 Å². The molecule has 0 aliphatic carbocycles. The lowest BCUT2D eigenvalue weighted by Crippen LogP contribution is -2.58. The molecule has 0 saturated heterocycles. The molecular formula is C22H34N4O7S. The molecule has 0 aromatic heterocycles. The highest BCUT2D eigenvalue weighted by Crippen LogP contribution is 2.11. The van der Waals surface area contributed by atoms with Gasteiger partial charge in [0.2, 0.25) is 17.7 Å². The minimum absolute atomic E-state index is 0.0844. The molecule has 0 saturated carbocycles. The molecule has 12 heteroatoms. The molecule has 8 N–H and O–H groups in total. The molecule has 0 spiro atoms. The fourth-order valence-corrected chi connectivity index (χ4v) is 3.47. The van der Waals surface area contributed by atoms with Crippen molar-refractivity contribution < 1.29 is 34.5 Å². The van der Waals surface area contributed by atoms with Gasteiger partial charge in [0.1, 0.15) is 23.9 Å². The predicted octanol–water partition coefficient (Wildman–Crippen LogP) is -0.798. The maximum absolute atomic E-state index is 12.8. The summed E-state index contributed by atoms with van der Waals surface area (Å²) in [6.07, 6.45) is 2.25. The van der Waals surface area contributed by atoms with E-state index < -0.39 is 60.4 Å². The van der Waals surface area contributed by atoms with Gasteiger partial charge in [-0.05, 0) is 48.5 Å². The highest BCUT2D eigenvalue weighted by molar-refractivity contribution is 7.98. The van der Waals surface area contributed by atoms with Crippen LogP contribution in [0.5, 0.6) is 5.75 Å². The van der Waals surface area contributed by atoms with Crippen molar-refractivity contribution in [3.63, 3.8) is 0 Å². The Kier molecular flexibility index (Phi) is 12.4. The van der Waals surface area contributed by atoms with E-state index in [2.05, 4.69) is 16.0 Å². The van der Waals surface area contributed by atoms with Gasteiger partial charge in [-0.15, -0.1) is 0 Å². The second kappa shape index (κ2) is 14.4. The third-order valence-electron chi connectivity index (χ3n) is 5.02. The van der Waals surface area contributed by atoms with Crippen LogP contribution in [0.1, 0.15) is 25.8 Å². The van der Waals surface area contributed by atoms with Crippen molar-refractivity contribution in [2.75, 3.05) is 18.6 Å². The Hall–Kier alpha value is -2.83. The fourth-order valence-electron chi connectivity index (χ4n) is 3.00. The second-order valence-corrected chi connectivity index (χ2v) is 9.12. The van der Waals surface area contributed by atoms with Gasteiger partial charge in [-0.2, -0.15) is 11.8 Å². The summed E-state index contributed by atoms with van der Waals surface area (Å²) in [7, 11) is 0. The number of benzene rings is 1. The van der Waals surface area contributed by atoms with E-state index in [-0.39, 0.29) is 18.6 Å². The lowest BCUT2D eigenvalue weighted by atomic mass is 10.0. The Morgan fingerprint density at radius 2 is 1.53 bits per heavy atom. The smallest absolute Gasteiger partial charge is 0.326 e. The molecule has 3 amide bonds. The van der Waals surface area contributed by atoms with Gasteiger partial charge < -0.3 is 37.0 Å². The zero-order chi connectivity index (χ0) is 25.8. The first-order valence-corrected chi connectivity index (χ1v) is 12.2. The Bertz CT molecular complexity index is 835. The molecule has 1 aromatic rings. The number of phenolic OH excluding ortho intramolecular Hbond substituents is 1. The molecule has 0 aliphatic rings. The van der Waals surface area contributed by atoms with Crippen LogP contribution in [0.25, 0.3) is 0 Å². The molecule has 4 atom stereocenters. The normalized spacial score (nSPS) is 14.5. The van der Waals surface area contributed by atoms with Gasteiger partial charge in [0.25, 0.3) is 0 Å². The van der Waals surface area contributed by atoms with Gasteiger partial charge in [-0.1, -0.05) is 26.0 Å². The molecular weight excluding hydrogens is 464 g/mol. The Labute approximate surface area is 202 Å². The number of aliphatic hydroxyl groups is 1. The van der Waals surface area contributed by atoms with Crippen molar-refractivity contribution in [2.24, 2.45) is 11.7 Å². The zero-order valence-corrected chi connectivity index (χ0v) is 20.3. The Balaban J connectivity index is 2.83. The van der Waals surface area contributed by atoms with Gasteiger partial charge >= 0.3 is 5.97 Å². The number of amides is 3. The summed E-state index contributed by atoms with van der Waals surface area (Å²) in [4.78, 5) is 49.2. The predicted molar refractivity (Wildman–Crippen MR) is 128 cm³/mol. The van der Waals surface area contributed by atoms with Crippen molar-refractivity contribution in [2.45, 2.75) is 50.9 Å². The first kappa shape index (κ1) is 29.2. The van der Waals surface area contributed by atoms with Crippen molar-refractivity contribution in [3.8, 4) is 5.75 Å². The molecule has 1 rings (SSSR count). The zero-order valence-electron chi connectivity index (χ0n) is 19.5. The molecule has 34 heavy (non-hydrogen) atoms. The van der Waals surface area contributed by atoms with Gasteiger partial charge in [0.15, 0.2) is 0 Å². The average molecular weight is 499 g/mol. The number of hydrogen-bond acceptors (Lipinski definition) is 8. The van der Waals surface area contributed by atoms with E-state index in [9.17, 15) is 34.5 Å². The molecule has 0 radical (unpaired) electrons. The lowest BCUT2D eigenvalue weighted by molar-refractivity contribution is -0.143. The topological polar surface area (TPSA) is 191 Å². The van der Waals surface area contributed by atoms with Crippen LogP contribution in [-0.2, 0) is 25.6 Å². The van der Waals surface area contributed by atoms with Crippen molar-refractivity contribution in [1.82, 2.24) is 16.0 Å². The van der Waals surface area contributed by atoms with Gasteiger partial charge in [0.05, 0.1) is 12.6 Å². The average Bonchev–Trinajstić information content (AvgIpc) is 2.78. The van der Waals surface area contributed by atoms with Gasteiger partial charge in [-0.25, -0.2) is 4.79 Å². The fraction of sp³-hybridized carbons (Fsp3) is 0.545. The lowest BCUT2D eigenvalue weighted by Gasteiger charge is -2.25. The largest absolute Gasteiger partial charge is 0.508 e. The second-order valence-electron chi connectivity index (χ2n) is 8.13. The van der Waals surface area contributed by atoms with E-state index in [0.717, 1.165) is 5.56 Å². The Morgan fingerprint density at radius 1 is 0.971 bits per heavy atom. The van der Waals surface area contributed by atoms with Gasteiger partial charge in [0, 0.05) is 0 Å². The van der Waals surface area contributed by atoms with Gasteiger partial charge in [-0.3, -0.25) is 14.4 Å². The number of phenols is 1. The molecule has 190 valence electrons. The summed E-state index contributed by atoms with van der Waals surface area (Å²) in [5.41, 5.74) is 6.70. The van der Waals surface area contributed by atoms with Crippen molar-refractivity contribution in [3.05, 3.63) is 29.8 Å². The number of nitrogens with one attached hydrogen (secondary N) is 3. The maximum Gasteiger partial charge on any atom is 0.326 e. The number of aliphatic carboxylic acids is 1. The number of thioether (sulfide) groups is 1. The number of nitrogens with two attached hydrogens (primary N) is 1. The molecule has 0 bridgehead atoms. The summed E-state index contributed by atoms with van der Waals surface area (Å²) in [6, 6.07) is 1.64. The van der Waals surface area contributed by atoms with Crippen LogP contribution in [-0.4, -0.2) is 81.8 Å². The SMILES string of the molecule is CSCCC(NC(=O)C(N)Cc1ccc(O)cc1)C(=O)NC(CO)C(=O)NC(C(=O)O)C(C)C. The van der Waals surface area contributed by atoms with Crippen LogP contribution in [0.3, 0.4) is 0 Å². The number of hydrogen-bond donors (Lipinski definition) is 7. The van der Waals surface area contributed by atoms with Crippen LogP contribution >= 0.6 is 11.8 Å².